The molecule has 0 amide bonds. The molecule has 0 radical (unpaired) electrons. The van der Waals surface area contributed by atoms with Gasteiger partial charge in [-0.2, -0.15) is 0 Å². The number of benzene rings is 1. The Balaban J connectivity index is 2.16. The molecule has 1 aliphatic heterocycles. The monoisotopic (exact) mass is 356 g/mol. The SMILES string of the molecule is CCOc1ccc(S(=O)(=O)NC(C)C2CCCNC2)cc1OCC. The van der Waals surface area contributed by atoms with E-state index in [9.17, 15) is 8.42 Å². The molecule has 1 heterocycles. The predicted octanol–water partition coefficient (Wildman–Crippen LogP) is 2.15. The number of piperidine rings is 1. The van der Waals surface area contributed by atoms with Gasteiger partial charge in [0.1, 0.15) is 0 Å². The number of nitrogens with one attached hydrogen (secondary N) is 2. The van der Waals surface area contributed by atoms with Gasteiger partial charge in [0.15, 0.2) is 11.5 Å². The van der Waals surface area contributed by atoms with E-state index in [-0.39, 0.29) is 10.9 Å². The van der Waals surface area contributed by atoms with Crippen molar-refractivity contribution in [3.8, 4) is 11.5 Å². The molecule has 0 aliphatic carbocycles. The molecule has 0 bridgehead atoms. The van der Waals surface area contributed by atoms with Crippen LogP contribution in [0.4, 0.5) is 0 Å². The van der Waals surface area contributed by atoms with Crippen LogP contribution in [0.2, 0.25) is 0 Å². The summed E-state index contributed by atoms with van der Waals surface area (Å²) in [5.74, 6) is 1.32. The smallest absolute Gasteiger partial charge is 0.240 e. The second-order valence-electron chi connectivity index (χ2n) is 5.99. The van der Waals surface area contributed by atoms with Crippen molar-refractivity contribution in [2.75, 3.05) is 26.3 Å². The van der Waals surface area contributed by atoms with E-state index in [4.69, 9.17) is 9.47 Å². The van der Waals surface area contributed by atoms with Crippen LogP contribution in [0.3, 0.4) is 0 Å². The number of rotatable bonds is 8. The van der Waals surface area contributed by atoms with E-state index in [0.717, 1.165) is 25.9 Å². The summed E-state index contributed by atoms with van der Waals surface area (Å²) in [6.07, 6.45) is 2.11. The van der Waals surface area contributed by atoms with Gasteiger partial charge in [0.2, 0.25) is 10.0 Å². The second-order valence-corrected chi connectivity index (χ2v) is 7.70. The fourth-order valence-electron chi connectivity index (χ4n) is 2.91. The molecule has 1 saturated heterocycles. The van der Waals surface area contributed by atoms with Crippen molar-refractivity contribution >= 4 is 10.0 Å². The average Bonchev–Trinajstić information content (AvgIpc) is 2.57. The lowest BCUT2D eigenvalue weighted by Crippen LogP contribution is -2.44. The Morgan fingerprint density at radius 1 is 1.25 bits per heavy atom. The highest BCUT2D eigenvalue weighted by Gasteiger charge is 2.25. The summed E-state index contributed by atoms with van der Waals surface area (Å²) >= 11 is 0. The number of ether oxygens (including phenoxy) is 2. The first kappa shape index (κ1) is 19.0. The Morgan fingerprint density at radius 2 is 1.96 bits per heavy atom. The van der Waals surface area contributed by atoms with Crippen molar-refractivity contribution < 1.29 is 17.9 Å². The summed E-state index contributed by atoms with van der Waals surface area (Å²) in [5.41, 5.74) is 0. The molecule has 2 N–H and O–H groups in total. The van der Waals surface area contributed by atoms with Crippen molar-refractivity contribution in [3.63, 3.8) is 0 Å². The maximum absolute atomic E-state index is 12.7. The topological polar surface area (TPSA) is 76.7 Å². The van der Waals surface area contributed by atoms with E-state index in [1.807, 2.05) is 20.8 Å². The maximum Gasteiger partial charge on any atom is 0.240 e. The quantitative estimate of drug-likeness (QED) is 0.746. The molecule has 0 spiro atoms. The molecule has 136 valence electrons. The molecule has 2 unspecified atom stereocenters. The minimum Gasteiger partial charge on any atom is -0.490 e. The molecule has 0 aromatic heterocycles. The van der Waals surface area contributed by atoms with E-state index in [2.05, 4.69) is 10.0 Å². The maximum atomic E-state index is 12.7. The molecule has 2 atom stereocenters. The number of hydrogen-bond donors (Lipinski definition) is 2. The van der Waals surface area contributed by atoms with Crippen LogP contribution >= 0.6 is 0 Å². The van der Waals surface area contributed by atoms with Gasteiger partial charge in [0.25, 0.3) is 0 Å². The van der Waals surface area contributed by atoms with Crippen LogP contribution in [0, 0.1) is 5.92 Å². The van der Waals surface area contributed by atoms with Crippen molar-refractivity contribution in [1.82, 2.24) is 10.0 Å². The van der Waals surface area contributed by atoms with Crippen LogP contribution in [0.15, 0.2) is 23.1 Å². The van der Waals surface area contributed by atoms with E-state index in [1.165, 1.54) is 6.07 Å². The van der Waals surface area contributed by atoms with Crippen LogP contribution in [0.25, 0.3) is 0 Å². The first-order valence-corrected chi connectivity index (χ1v) is 10.1. The van der Waals surface area contributed by atoms with Gasteiger partial charge in [-0.25, -0.2) is 13.1 Å². The molecule has 1 aromatic rings. The molecular weight excluding hydrogens is 328 g/mol. The number of hydrogen-bond acceptors (Lipinski definition) is 5. The van der Waals surface area contributed by atoms with Gasteiger partial charge < -0.3 is 14.8 Å². The molecule has 1 aliphatic rings. The second kappa shape index (κ2) is 8.69. The summed E-state index contributed by atoms with van der Waals surface area (Å²) in [6, 6.07) is 4.62. The summed E-state index contributed by atoms with van der Waals surface area (Å²) in [7, 11) is -3.59. The first-order valence-electron chi connectivity index (χ1n) is 8.60. The highest BCUT2D eigenvalue weighted by atomic mass is 32.2. The van der Waals surface area contributed by atoms with Crippen LogP contribution < -0.4 is 19.5 Å². The molecule has 1 fully saturated rings. The third kappa shape index (κ3) is 4.84. The van der Waals surface area contributed by atoms with Gasteiger partial charge in [-0.15, -0.1) is 0 Å². The molecule has 1 aromatic carbocycles. The van der Waals surface area contributed by atoms with Crippen molar-refractivity contribution in [3.05, 3.63) is 18.2 Å². The zero-order chi connectivity index (χ0) is 17.6. The molecule has 6 nitrogen and oxygen atoms in total. The third-order valence-electron chi connectivity index (χ3n) is 4.21. The molecule has 24 heavy (non-hydrogen) atoms. The Bertz CT molecular complexity index is 627. The van der Waals surface area contributed by atoms with E-state index in [0.29, 0.717) is 30.6 Å². The lowest BCUT2D eigenvalue weighted by molar-refractivity contribution is 0.287. The first-order chi connectivity index (χ1) is 11.5. The molecule has 7 heteroatoms. The van der Waals surface area contributed by atoms with E-state index in [1.54, 1.807) is 12.1 Å². The predicted molar refractivity (Wildman–Crippen MR) is 94.2 cm³/mol. The molecule has 2 rings (SSSR count). The van der Waals surface area contributed by atoms with Crippen molar-refractivity contribution in [1.29, 1.82) is 0 Å². The minimum absolute atomic E-state index is 0.120. The summed E-state index contributed by atoms with van der Waals surface area (Å²) in [4.78, 5) is 0.199. The Labute approximate surface area is 145 Å². The van der Waals surface area contributed by atoms with Gasteiger partial charge in [-0.05, 0) is 64.8 Å². The summed E-state index contributed by atoms with van der Waals surface area (Å²) in [6.45, 7) is 8.45. The van der Waals surface area contributed by atoms with Gasteiger partial charge in [-0.3, -0.25) is 0 Å². The molecule has 0 saturated carbocycles. The summed E-state index contributed by atoms with van der Waals surface area (Å²) in [5, 5.41) is 3.32. The van der Waals surface area contributed by atoms with E-state index >= 15 is 0 Å². The van der Waals surface area contributed by atoms with Crippen LogP contribution in [-0.2, 0) is 10.0 Å². The van der Waals surface area contributed by atoms with E-state index < -0.39 is 10.0 Å². The zero-order valence-electron chi connectivity index (χ0n) is 14.7. The highest BCUT2D eigenvalue weighted by Crippen LogP contribution is 2.30. The Morgan fingerprint density at radius 3 is 2.58 bits per heavy atom. The Kier molecular flexibility index (Phi) is 6.89. The fourth-order valence-corrected chi connectivity index (χ4v) is 4.24. The normalized spacial score (nSPS) is 19.7. The van der Waals surface area contributed by atoms with Gasteiger partial charge in [-0.1, -0.05) is 0 Å². The van der Waals surface area contributed by atoms with Crippen LogP contribution in [0.1, 0.15) is 33.6 Å². The van der Waals surface area contributed by atoms with Gasteiger partial charge >= 0.3 is 0 Å². The lowest BCUT2D eigenvalue weighted by atomic mass is 9.94. The van der Waals surface area contributed by atoms with Gasteiger partial charge in [0, 0.05) is 12.1 Å². The van der Waals surface area contributed by atoms with Gasteiger partial charge in [0.05, 0.1) is 18.1 Å². The minimum atomic E-state index is -3.59. The lowest BCUT2D eigenvalue weighted by Gasteiger charge is -2.28. The van der Waals surface area contributed by atoms with Crippen LogP contribution in [0.5, 0.6) is 11.5 Å². The van der Waals surface area contributed by atoms with Crippen LogP contribution in [-0.4, -0.2) is 40.8 Å². The third-order valence-corrected chi connectivity index (χ3v) is 5.76. The van der Waals surface area contributed by atoms with Crippen molar-refractivity contribution in [2.45, 2.75) is 44.6 Å². The van der Waals surface area contributed by atoms with Crippen molar-refractivity contribution in [2.24, 2.45) is 5.92 Å². The molecular formula is C17H28N2O4S. The standard InChI is InChI=1S/C17H28N2O4S/c1-4-22-16-9-8-15(11-17(16)23-5-2)24(20,21)19-13(3)14-7-6-10-18-12-14/h8-9,11,13-14,18-19H,4-7,10,12H2,1-3H3. The highest BCUT2D eigenvalue weighted by molar-refractivity contribution is 7.89. The zero-order valence-corrected chi connectivity index (χ0v) is 15.5. The largest absolute Gasteiger partial charge is 0.490 e. The Hall–Kier alpha value is -1.31. The number of sulfonamides is 1. The summed E-state index contributed by atoms with van der Waals surface area (Å²) < 4.78 is 39.2. The average molecular weight is 356 g/mol. The fraction of sp³-hybridized carbons (Fsp3) is 0.647.